The monoisotopic (exact) mass is 373 g/mol. The van der Waals surface area contributed by atoms with Gasteiger partial charge in [0.25, 0.3) is 5.91 Å². The van der Waals surface area contributed by atoms with E-state index in [1.54, 1.807) is 36.4 Å². The Balaban J connectivity index is 1.92. The van der Waals surface area contributed by atoms with Crippen LogP contribution < -0.4 is 4.90 Å². The van der Waals surface area contributed by atoms with Crippen LogP contribution in [0.5, 0.6) is 0 Å². The minimum atomic E-state index is -0.194. The predicted octanol–water partition coefficient (Wildman–Crippen LogP) is 4.95. The van der Waals surface area contributed by atoms with Crippen LogP contribution in [0.4, 0.5) is 5.69 Å². The number of thiocarbonyl (C=S) groups is 1. The molecule has 0 N–H and O–H groups in total. The first kappa shape index (κ1) is 16.9. The van der Waals surface area contributed by atoms with Gasteiger partial charge in [0.2, 0.25) is 0 Å². The molecule has 0 unspecified atom stereocenters. The third-order valence-electron chi connectivity index (χ3n) is 3.52. The largest absolute Gasteiger partial charge is 0.295 e. The minimum Gasteiger partial charge on any atom is -0.295 e. The maximum absolute atomic E-state index is 12.7. The number of nitrogens with zero attached hydrogens (tertiary/aromatic N) is 1. The number of Topliss-reactive ketones (excluding diaryl/α,β-unsaturated/α-hetero) is 1. The Kier molecular flexibility index (Phi) is 4.85. The van der Waals surface area contributed by atoms with Crippen LogP contribution in [-0.2, 0) is 4.79 Å². The van der Waals surface area contributed by atoms with Crippen LogP contribution in [-0.4, -0.2) is 16.0 Å². The summed E-state index contributed by atoms with van der Waals surface area (Å²) in [4.78, 5) is 26.0. The van der Waals surface area contributed by atoms with E-state index < -0.39 is 0 Å². The summed E-state index contributed by atoms with van der Waals surface area (Å²) < 4.78 is 0.453. The molecule has 2 aromatic rings. The number of hydrogen-bond acceptors (Lipinski definition) is 4. The van der Waals surface area contributed by atoms with Gasteiger partial charge in [0.1, 0.15) is 0 Å². The first-order valence-corrected chi connectivity index (χ1v) is 8.71. The molecule has 1 fully saturated rings. The number of halogens is 1. The van der Waals surface area contributed by atoms with Crippen molar-refractivity contribution in [1.29, 1.82) is 0 Å². The van der Waals surface area contributed by atoms with E-state index in [1.165, 1.54) is 23.6 Å². The molecule has 3 nitrogen and oxygen atoms in total. The first-order chi connectivity index (χ1) is 11.5. The topological polar surface area (TPSA) is 37.4 Å². The fraction of sp³-hybridized carbons (Fsp3) is 0.0556. The van der Waals surface area contributed by atoms with Gasteiger partial charge in [0.15, 0.2) is 10.1 Å². The Morgan fingerprint density at radius 2 is 1.83 bits per heavy atom. The summed E-state index contributed by atoms with van der Waals surface area (Å²) >= 11 is 12.7. The lowest BCUT2D eigenvalue weighted by Crippen LogP contribution is -2.27. The summed E-state index contributed by atoms with van der Waals surface area (Å²) in [6.45, 7) is 1.50. The van der Waals surface area contributed by atoms with E-state index in [9.17, 15) is 9.59 Å². The molecule has 0 spiro atoms. The SMILES string of the molecule is CC(=O)c1ccc(N2C(=O)/C(=C/c3ccccc3Cl)SC2=S)cc1. The standard InChI is InChI=1S/C18H12ClNO2S2/c1-11(21)12-6-8-14(9-7-12)20-17(22)16(24-18(20)23)10-13-4-2-3-5-15(13)19/h2-10H,1H3/b16-10-. The van der Waals surface area contributed by atoms with Crippen LogP contribution in [0.1, 0.15) is 22.8 Å². The molecule has 0 bridgehead atoms. The van der Waals surface area contributed by atoms with Crippen LogP contribution >= 0.6 is 35.6 Å². The summed E-state index contributed by atoms with van der Waals surface area (Å²) in [5.41, 5.74) is 2.01. The number of rotatable bonds is 3. The van der Waals surface area contributed by atoms with Crippen molar-refractivity contribution < 1.29 is 9.59 Å². The van der Waals surface area contributed by atoms with E-state index >= 15 is 0 Å². The smallest absolute Gasteiger partial charge is 0.270 e. The molecule has 24 heavy (non-hydrogen) atoms. The van der Waals surface area contributed by atoms with E-state index in [1.807, 2.05) is 18.2 Å². The van der Waals surface area contributed by atoms with Crippen LogP contribution in [0.25, 0.3) is 6.08 Å². The van der Waals surface area contributed by atoms with Gasteiger partial charge in [-0.25, -0.2) is 0 Å². The van der Waals surface area contributed by atoms with Crippen molar-refractivity contribution in [3.63, 3.8) is 0 Å². The summed E-state index contributed by atoms with van der Waals surface area (Å²) in [6, 6.07) is 14.1. The van der Waals surface area contributed by atoms with Crippen molar-refractivity contribution in [1.82, 2.24) is 0 Å². The first-order valence-electron chi connectivity index (χ1n) is 7.11. The third kappa shape index (κ3) is 3.29. The Morgan fingerprint density at radius 3 is 2.46 bits per heavy atom. The molecule has 6 heteroatoms. The van der Waals surface area contributed by atoms with Crippen molar-refractivity contribution >= 4 is 63.4 Å². The lowest BCUT2D eigenvalue weighted by Gasteiger charge is -2.14. The fourth-order valence-electron chi connectivity index (χ4n) is 2.27. The Hall–Kier alpha value is -1.95. The summed E-state index contributed by atoms with van der Waals surface area (Å²) in [5.74, 6) is -0.217. The maximum atomic E-state index is 12.7. The van der Waals surface area contributed by atoms with E-state index in [-0.39, 0.29) is 11.7 Å². The Morgan fingerprint density at radius 1 is 1.17 bits per heavy atom. The van der Waals surface area contributed by atoms with Gasteiger partial charge in [-0.3, -0.25) is 14.5 Å². The Bertz CT molecular complexity index is 875. The lowest BCUT2D eigenvalue weighted by molar-refractivity contribution is -0.113. The number of anilines is 1. The van der Waals surface area contributed by atoms with Crippen molar-refractivity contribution in [3.05, 3.63) is 69.6 Å². The minimum absolute atomic E-state index is 0.0226. The molecule has 0 aromatic heterocycles. The highest BCUT2D eigenvalue weighted by Crippen LogP contribution is 2.36. The normalized spacial score (nSPS) is 16.1. The molecular weight excluding hydrogens is 362 g/mol. The van der Waals surface area contributed by atoms with E-state index in [0.717, 1.165) is 5.56 Å². The van der Waals surface area contributed by atoms with E-state index in [0.29, 0.717) is 25.5 Å². The second kappa shape index (κ2) is 6.89. The molecular formula is C18H12ClNO2S2. The van der Waals surface area contributed by atoms with Gasteiger partial charge >= 0.3 is 0 Å². The number of ketones is 1. The molecule has 1 aliphatic heterocycles. The number of benzene rings is 2. The average Bonchev–Trinajstić information content (AvgIpc) is 2.84. The second-order valence-corrected chi connectivity index (χ2v) is 7.22. The highest BCUT2D eigenvalue weighted by Gasteiger charge is 2.33. The number of thioether (sulfide) groups is 1. The molecule has 0 saturated carbocycles. The molecule has 1 heterocycles. The van der Waals surface area contributed by atoms with Crippen LogP contribution in [0.3, 0.4) is 0 Å². The fourth-order valence-corrected chi connectivity index (χ4v) is 3.75. The van der Waals surface area contributed by atoms with Crippen molar-refractivity contribution in [2.24, 2.45) is 0 Å². The molecule has 1 amide bonds. The summed E-state index contributed by atoms with van der Waals surface area (Å²) in [7, 11) is 0. The van der Waals surface area contributed by atoms with Crippen molar-refractivity contribution in [2.45, 2.75) is 6.92 Å². The van der Waals surface area contributed by atoms with Crippen LogP contribution in [0.2, 0.25) is 5.02 Å². The Labute approximate surface area is 154 Å². The number of carbonyl (C=O) groups excluding carboxylic acids is 2. The molecule has 1 aliphatic rings. The summed E-state index contributed by atoms with van der Waals surface area (Å²) in [6.07, 6.45) is 1.74. The molecule has 0 atom stereocenters. The van der Waals surface area contributed by atoms with Gasteiger partial charge in [-0.05, 0) is 48.9 Å². The predicted molar refractivity (Wildman–Crippen MR) is 104 cm³/mol. The zero-order chi connectivity index (χ0) is 17.3. The van der Waals surface area contributed by atoms with Gasteiger partial charge in [-0.15, -0.1) is 0 Å². The maximum Gasteiger partial charge on any atom is 0.270 e. The quantitative estimate of drug-likeness (QED) is 0.433. The highest BCUT2D eigenvalue weighted by molar-refractivity contribution is 8.27. The molecule has 3 rings (SSSR count). The van der Waals surface area contributed by atoms with Gasteiger partial charge in [0.05, 0.1) is 10.6 Å². The van der Waals surface area contributed by atoms with Gasteiger partial charge < -0.3 is 0 Å². The molecule has 0 radical (unpaired) electrons. The molecule has 2 aromatic carbocycles. The third-order valence-corrected chi connectivity index (χ3v) is 5.16. The highest BCUT2D eigenvalue weighted by atomic mass is 35.5. The number of hydrogen-bond donors (Lipinski definition) is 0. The lowest BCUT2D eigenvalue weighted by atomic mass is 10.1. The number of amides is 1. The molecule has 0 aliphatic carbocycles. The average molecular weight is 374 g/mol. The zero-order valence-corrected chi connectivity index (χ0v) is 15.0. The van der Waals surface area contributed by atoms with Crippen molar-refractivity contribution in [3.8, 4) is 0 Å². The van der Waals surface area contributed by atoms with Gasteiger partial charge in [0, 0.05) is 10.6 Å². The van der Waals surface area contributed by atoms with Crippen molar-refractivity contribution in [2.75, 3.05) is 4.90 Å². The second-order valence-electron chi connectivity index (χ2n) is 5.14. The summed E-state index contributed by atoms with van der Waals surface area (Å²) in [5, 5.41) is 0.577. The van der Waals surface area contributed by atoms with E-state index in [2.05, 4.69) is 0 Å². The van der Waals surface area contributed by atoms with Gasteiger partial charge in [-0.1, -0.05) is 53.8 Å². The molecule has 120 valence electrons. The van der Waals surface area contributed by atoms with Crippen LogP contribution in [0.15, 0.2) is 53.4 Å². The van der Waals surface area contributed by atoms with Crippen LogP contribution in [0, 0.1) is 0 Å². The zero-order valence-electron chi connectivity index (χ0n) is 12.7. The molecule has 1 saturated heterocycles. The van der Waals surface area contributed by atoms with E-state index in [4.69, 9.17) is 23.8 Å². The van der Waals surface area contributed by atoms with Gasteiger partial charge in [-0.2, -0.15) is 0 Å². The number of carbonyl (C=O) groups is 2.